The van der Waals surface area contributed by atoms with Crippen molar-refractivity contribution in [3.8, 4) is 0 Å². The van der Waals surface area contributed by atoms with Crippen LogP contribution in [0.4, 0.5) is 0 Å². The van der Waals surface area contributed by atoms with Gasteiger partial charge >= 0.3 is 0 Å². The van der Waals surface area contributed by atoms with Gasteiger partial charge in [-0.15, -0.1) is 0 Å². The highest BCUT2D eigenvalue weighted by Crippen LogP contribution is 2.22. The van der Waals surface area contributed by atoms with E-state index in [0.717, 1.165) is 12.5 Å². The summed E-state index contributed by atoms with van der Waals surface area (Å²) in [5, 5.41) is 6.87. The predicted molar refractivity (Wildman–Crippen MR) is 71.4 cm³/mol. The van der Waals surface area contributed by atoms with E-state index in [1.165, 1.54) is 50.9 Å². The van der Waals surface area contributed by atoms with Gasteiger partial charge in [0, 0.05) is 19.6 Å². The van der Waals surface area contributed by atoms with E-state index in [1.54, 1.807) is 11.1 Å². The van der Waals surface area contributed by atoms with Crippen LogP contribution in [0, 0.1) is 5.92 Å². The molecule has 2 nitrogen and oxygen atoms in total. The molecule has 1 aliphatic heterocycles. The Hall–Kier alpha value is -0.860. The average Bonchev–Trinajstić information content (AvgIpc) is 2.73. The molecule has 1 heterocycles. The molecule has 0 saturated carbocycles. The molecule has 1 saturated heterocycles. The zero-order valence-corrected chi connectivity index (χ0v) is 10.5. The number of aryl methyl sites for hydroxylation is 2. The van der Waals surface area contributed by atoms with Crippen LogP contribution >= 0.6 is 0 Å². The van der Waals surface area contributed by atoms with Crippen LogP contribution in [0.25, 0.3) is 0 Å². The van der Waals surface area contributed by atoms with Gasteiger partial charge in [0.25, 0.3) is 0 Å². The lowest BCUT2D eigenvalue weighted by molar-refractivity contribution is 0.333. The van der Waals surface area contributed by atoms with Gasteiger partial charge in [0.1, 0.15) is 0 Å². The van der Waals surface area contributed by atoms with Crippen molar-refractivity contribution in [2.45, 2.75) is 25.7 Å². The van der Waals surface area contributed by atoms with Gasteiger partial charge in [0.05, 0.1) is 0 Å². The molecule has 1 aromatic rings. The zero-order valence-electron chi connectivity index (χ0n) is 10.5. The van der Waals surface area contributed by atoms with Gasteiger partial charge < -0.3 is 10.6 Å². The van der Waals surface area contributed by atoms with Gasteiger partial charge in [-0.25, -0.2) is 0 Å². The monoisotopic (exact) mass is 230 g/mol. The van der Waals surface area contributed by atoms with Crippen molar-refractivity contribution in [3.05, 3.63) is 34.9 Å². The molecular formula is C15H22N2. The molecule has 0 atom stereocenters. The Kier molecular flexibility index (Phi) is 3.44. The molecule has 2 aliphatic rings. The highest BCUT2D eigenvalue weighted by atomic mass is 15.0. The van der Waals surface area contributed by atoms with Crippen molar-refractivity contribution in [1.29, 1.82) is 0 Å². The smallest absolute Gasteiger partial charge is 0.000394 e. The number of hydrogen-bond acceptors (Lipinski definition) is 2. The number of hydrogen-bond donors (Lipinski definition) is 2. The quantitative estimate of drug-likeness (QED) is 0.750. The second-order valence-electron chi connectivity index (χ2n) is 5.44. The van der Waals surface area contributed by atoms with Gasteiger partial charge in [-0.2, -0.15) is 0 Å². The minimum absolute atomic E-state index is 0.870. The summed E-state index contributed by atoms with van der Waals surface area (Å²) in [6.07, 6.45) is 5.12. The molecule has 3 rings (SSSR count). The highest BCUT2D eigenvalue weighted by molar-refractivity contribution is 5.35. The van der Waals surface area contributed by atoms with Crippen molar-refractivity contribution in [2.75, 3.05) is 26.2 Å². The van der Waals surface area contributed by atoms with Crippen LogP contribution in [-0.4, -0.2) is 26.2 Å². The molecule has 2 N–H and O–H groups in total. The van der Waals surface area contributed by atoms with Crippen molar-refractivity contribution < 1.29 is 0 Å². The van der Waals surface area contributed by atoms with Crippen LogP contribution < -0.4 is 10.6 Å². The molecule has 17 heavy (non-hydrogen) atoms. The molecule has 1 aliphatic carbocycles. The molecule has 0 bridgehead atoms. The molecule has 0 amide bonds. The van der Waals surface area contributed by atoms with E-state index in [4.69, 9.17) is 0 Å². The normalized spacial score (nSPS) is 19.1. The summed E-state index contributed by atoms with van der Waals surface area (Å²) >= 11 is 0. The van der Waals surface area contributed by atoms with E-state index in [1.807, 2.05) is 0 Å². The van der Waals surface area contributed by atoms with Crippen molar-refractivity contribution in [2.24, 2.45) is 5.92 Å². The van der Waals surface area contributed by atoms with E-state index in [2.05, 4.69) is 28.8 Å². The number of fused-ring (bicyclic) bond motifs is 1. The molecule has 0 aromatic heterocycles. The summed E-state index contributed by atoms with van der Waals surface area (Å²) in [6, 6.07) is 7.08. The van der Waals surface area contributed by atoms with Gasteiger partial charge in [-0.05, 0) is 54.8 Å². The van der Waals surface area contributed by atoms with E-state index >= 15 is 0 Å². The lowest BCUT2D eigenvalue weighted by atomic mass is 10.0. The molecule has 2 heteroatoms. The van der Waals surface area contributed by atoms with Crippen LogP contribution in [0.3, 0.4) is 0 Å². The molecule has 1 aromatic carbocycles. The minimum atomic E-state index is 0.870. The lowest BCUT2D eigenvalue weighted by Gasteiger charge is -2.27. The average molecular weight is 230 g/mol. The third-order valence-electron chi connectivity index (χ3n) is 4.05. The molecule has 0 spiro atoms. The maximum atomic E-state index is 3.56. The summed E-state index contributed by atoms with van der Waals surface area (Å²) < 4.78 is 0. The van der Waals surface area contributed by atoms with Crippen molar-refractivity contribution in [3.63, 3.8) is 0 Å². The number of nitrogens with one attached hydrogen (secondary N) is 2. The van der Waals surface area contributed by atoms with E-state index in [9.17, 15) is 0 Å². The molecule has 1 fully saturated rings. The van der Waals surface area contributed by atoms with Crippen LogP contribution in [0.1, 0.15) is 23.1 Å². The van der Waals surface area contributed by atoms with Gasteiger partial charge in [0.2, 0.25) is 0 Å². The van der Waals surface area contributed by atoms with Gasteiger partial charge in [0.15, 0.2) is 0 Å². The zero-order chi connectivity index (χ0) is 11.5. The molecule has 92 valence electrons. The Morgan fingerprint density at radius 2 is 2.06 bits per heavy atom. The van der Waals surface area contributed by atoms with Crippen LogP contribution in [0.15, 0.2) is 18.2 Å². The first kappa shape index (κ1) is 11.2. The first-order chi connectivity index (χ1) is 8.42. The molecule has 0 radical (unpaired) electrons. The van der Waals surface area contributed by atoms with Gasteiger partial charge in [-0.3, -0.25) is 0 Å². The fourth-order valence-corrected chi connectivity index (χ4v) is 2.81. The van der Waals surface area contributed by atoms with Crippen molar-refractivity contribution in [1.82, 2.24) is 10.6 Å². The maximum absolute atomic E-state index is 3.56. The topological polar surface area (TPSA) is 24.1 Å². The largest absolute Gasteiger partial charge is 0.316 e. The summed E-state index contributed by atoms with van der Waals surface area (Å²) in [4.78, 5) is 0. The van der Waals surface area contributed by atoms with E-state index < -0.39 is 0 Å². The molecule has 0 unspecified atom stereocenters. The molecular weight excluding hydrogens is 208 g/mol. The van der Waals surface area contributed by atoms with Crippen molar-refractivity contribution >= 4 is 0 Å². The summed E-state index contributed by atoms with van der Waals surface area (Å²) in [5.41, 5.74) is 4.69. The minimum Gasteiger partial charge on any atom is -0.316 e. The summed E-state index contributed by atoms with van der Waals surface area (Å²) in [5.74, 6) is 0.870. The van der Waals surface area contributed by atoms with E-state index in [0.29, 0.717) is 0 Å². The standard InChI is InChI=1S/C15H22N2/c1-2-14-5-4-12(8-15(14)3-1)6-7-16-9-13-10-17-11-13/h4-5,8,13,16-17H,1-3,6-7,9-11H2. The van der Waals surface area contributed by atoms with Gasteiger partial charge in [-0.1, -0.05) is 18.2 Å². The van der Waals surface area contributed by atoms with Crippen LogP contribution in [0.2, 0.25) is 0 Å². The second-order valence-corrected chi connectivity index (χ2v) is 5.44. The van der Waals surface area contributed by atoms with Crippen LogP contribution in [0.5, 0.6) is 0 Å². The maximum Gasteiger partial charge on any atom is 0.000394 e. The Morgan fingerprint density at radius 3 is 2.88 bits per heavy atom. The Morgan fingerprint density at radius 1 is 1.18 bits per heavy atom. The Balaban J connectivity index is 1.44. The lowest BCUT2D eigenvalue weighted by Crippen LogP contribution is -2.47. The van der Waals surface area contributed by atoms with Crippen LogP contribution in [-0.2, 0) is 19.3 Å². The second kappa shape index (κ2) is 5.19. The highest BCUT2D eigenvalue weighted by Gasteiger charge is 2.15. The first-order valence-corrected chi connectivity index (χ1v) is 6.94. The fraction of sp³-hybridized carbons (Fsp3) is 0.600. The first-order valence-electron chi connectivity index (χ1n) is 6.94. The Labute approximate surface area is 104 Å². The SMILES string of the molecule is c1cc2c(cc1CCNCC1CNC1)CCC2. The number of rotatable bonds is 5. The van der Waals surface area contributed by atoms with E-state index in [-0.39, 0.29) is 0 Å². The predicted octanol–water partition coefficient (Wildman–Crippen LogP) is 1.53. The number of benzene rings is 1. The third-order valence-corrected chi connectivity index (χ3v) is 4.05. The summed E-state index contributed by atoms with van der Waals surface area (Å²) in [6.45, 7) is 4.70. The summed E-state index contributed by atoms with van der Waals surface area (Å²) in [7, 11) is 0. The Bertz CT molecular complexity index is 383. The third kappa shape index (κ3) is 2.70. The fourth-order valence-electron chi connectivity index (χ4n) is 2.81.